The van der Waals surface area contributed by atoms with Crippen LogP contribution in [0.15, 0.2) is 11.8 Å². The van der Waals surface area contributed by atoms with E-state index in [1.807, 2.05) is 0 Å². The normalized spacial score (nSPS) is 21.3. The minimum atomic E-state index is -0.0854. The predicted octanol–water partition coefficient (Wildman–Crippen LogP) is 0.0217. The van der Waals surface area contributed by atoms with Crippen molar-refractivity contribution < 1.29 is 9.59 Å². The molecule has 0 saturated carbocycles. The molecule has 1 aliphatic heterocycles. The molecule has 1 rings (SSSR count). The molecule has 3 heteroatoms. The number of nitrogens with one attached hydrogen (secondary N) is 1. The minimum absolute atomic E-state index is 0.0372. The average molecular weight is 139 g/mol. The lowest BCUT2D eigenvalue weighted by molar-refractivity contribution is -0.116. The van der Waals surface area contributed by atoms with Crippen LogP contribution in [0.3, 0.4) is 0 Å². The fraction of sp³-hybridized carbons (Fsp3) is 0.429. The highest BCUT2D eigenvalue weighted by Gasteiger charge is 2.15. The van der Waals surface area contributed by atoms with Gasteiger partial charge in [-0.2, -0.15) is 0 Å². The first-order chi connectivity index (χ1) is 4.70. The van der Waals surface area contributed by atoms with E-state index in [-0.39, 0.29) is 11.6 Å². The summed E-state index contributed by atoms with van der Waals surface area (Å²) < 4.78 is 0. The maximum atomic E-state index is 10.8. The van der Waals surface area contributed by atoms with Gasteiger partial charge in [0.05, 0.1) is 5.70 Å². The quantitative estimate of drug-likeness (QED) is 0.521. The molecular weight excluding hydrogens is 130 g/mol. The molecule has 54 valence electrons. The molecule has 3 nitrogen and oxygen atoms in total. The molecule has 1 aliphatic rings. The van der Waals surface area contributed by atoms with Crippen LogP contribution in [0.5, 0.6) is 0 Å². The van der Waals surface area contributed by atoms with Crippen molar-refractivity contribution in [2.45, 2.75) is 13.3 Å². The molecule has 0 aromatic carbocycles. The first kappa shape index (κ1) is 6.99. The first-order valence-corrected chi connectivity index (χ1v) is 3.19. The lowest BCUT2D eigenvalue weighted by Gasteiger charge is -1.91. The van der Waals surface area contributed by atoms with Gasteiger partial charge in [-0.3, -0.25) is 9.59 Å². The van der Waals surface area contributed by atoms with Crippen LogP contribution in [0, 0.1) is 0 Å². The van der Waals surface area contributed by atoms with Crippen molar-refractivity contribution in [3.05, 3.63) is 11.8 Å². The standard InChI is InChI=1S/C7H9NO2/c1-5(9)4-6-7(10)2-3-8-6/h4,8H,2-3H2,1H3/b6-4+. The molecule has 1 saturated heterocycles. The third-order valence-electron chi connectivity index (χ3n) is 1.32. The predicted molar refractivity (Wildman–Crippen MR) is 36.4 cm³/mol. The molecule has 0 bridgehead atoms. The van der Waals surface area contributed by atoms with E-state index in [2.05, 4.69) is 5.32 Å². The van der Waals surface area contributed by atoms with Crippen LogP contribution in [-0.4, -0.2) is 18.1 Å². The van der Waals surface area contributed by atoms with E-state index in [0.29, 0.717) is 18.7 Å². The molecule has 10 heavy (non-hydrogen) atoms. The summed E-state index contributed by atoms with van der Waals surface area (Å²) in [5, 5.41) is 2.83. The van der Waals surface area contributed by atoms with Gasteiger partial charge in [0.15, 0.2) is 11.6 Å². The Morgan fingerprint density at radius 2 is 2.40 bits per heavy atom. The van der Waals surface area contributed by atoms with Gasteiger partial charge in [0.2, 0.25) is 0 Å². The Labute approximate surface area is 59.1 Å². The molecule has 0 spiro atoms. The second kappa shape index (κ2) is 2.64. The highest BCUT2D eigenvalue weighted by Crippen LogP contribution is 2.03. The molecule has 0 aromatic rings. The van der Waals surface area contributed by atoms with Crippen LogP contribution in [0.4, 0.5) is 0 Å². The Morgan fingerprint density at radius 1 is 1.70 bits per heavy atom. The summed E-state index contributed by atoms with van der Waals surface area (Å²) in [6, 6.07) is 0. The Balaban J connectivity index is 2.72. The van der Waals surface area contributed by atoms with Gasteiger partial charge in [-0.15, -0.1) is 0 Å². The molecule has 1 N–H and O–H groups in total. The van der Waals surface area contributed by atoms with Crippen molar-refractivity contribution in [1.29, 1.82) is 0 Å². The molecule has 1 heterocycles. The highest BCUT2D eigenvalue weighted by molar-refractivity contribution is 6.03. The number of hydrogen-bond acceptors (Lipinski definition) is 3. The topological polar surface area (TPSA) is 46.2 Å². The third-order valence-corrected chi connectivity index (χ3v) is 1.32. The molecule has 0 unspecified atom stereocenters. The van der Waals surface area contributed by atoms with E-state index < -0.39 is 0 Å². The minimum Gasteiger partial charge on any atom is -0.382 e. The zero-order valence-corrected chi connectivity index (χ0v) is 5.81. The number of carbonyl (C=O) groups is 2. The van der Waals surface area contributed by atoms with Crippen LogP contribution in [-0.2, 0) is 9.59 Å². The van der Waals surface area contributed by atoms with Crippen molar-refractivity contribution in [2.24, 2.45) is 0 Å². The van der Waals surface area contributed by atoms with Crippen molar-refractivity contribution >= 4 is 11.6 Å². The van der Waals surface area contributed by atoms with Gasteiger partial charge in [-0.05, 0) is 6.92 Å². The number of carbonyl (C=O) groups excluding carboxylic acids is 2. The van der Waals surface area contributed by atoms with E-state index in [1.165, 1.54) is 13.0 Å². The summed E-state index contributed by atoms with van der Waals surface area (Å²) >= 11 is 0. The van der Waals surface area contributed by atoms with E-state index in [4.69, 9.17) is 0 Å². The van der Waals surface area contributed by atoms with Crippen molar-refractivity contribution in [2.75, 3.05) is 6.54 Å². The molecule has 0 atom stereocenters. The van der Waals surface area contributed by atoms with Crippen LogP contribution >= 0.6 is 0 Å². The lowest BCUT2D eigenvalue weighted by atomic mass is 10.2. The third kappa shape index (κ3) is 1.43. The smallest absolute Gasteiger partial charge is 0.180 e. The largest absolute Gasteiger partial charge is 0.382 e. The van der Waals surface area contributed by atoms with Crippen LogP contribution in [0.1, 0.15) is 13.3 Å². The Bertz CT molecular complexity index is 206. The zero-order chi connectivity index (χ0) is 7.56. The van der Waals surface area contributed by atoms with E-state index in [1.54, 1.807) is 0 Å². The Hall–Kier alpha value is -1.12. The van der Waals surface area contributed by atoms with Crippen molar-refractivity contribution in [1.82, 2.24) is 5.32 Å². The summed E-state index contributed by atoms with van der Waals surface area (Å²) in [5.74, 6) is -0.0482. The number of allylic oxidation sites excluding steroid dienone is 2. The van der Waals surface area contributed by atoms with E-state index >= 15 is 0 Å². The molecule has 1 fully saturated rings. The number of Topliss-reactive ketones (excluding diaryl/α,β-unsaturated/α-hetero) is 1. The van der Waals surface area contributed by atoms with Gasteiger partial charge in [0.1, 0.15) is 0 Å². The van der Waals surface area contributed by atoms with Gasteiger partial charge in [-0.1, -0.05) is 0 Å². The maximum absolute atomic E-state index is 10.8. The van der Waals surface area contributed by atoms with E-state index in [9.17, 15) is 9.59 Å². The van der Waals surface area contributed by atoms with Crippen LogP contribution in [0.25, 0.3) is 0 Å². The zero-order valence-electron chi connectivity index (χ0n) is 5.81. The summed E-state index contributed by atoms with van der Waals surface area (Å²) in [7, 11) is 0. The van der Waals surface area contributed by atoms with Gasteiger partial charge >= 0.3 is 0 Å². The SMILES string of the molecule is CC(=O)/C=C1/NCCC1=O. The Kier molecular flexibility index (Phi) is 1.85. The van der Waals surface area contributed by atoms with Crippen molar-refractivity contribution in [3.63, 3.8) is 0 Å². The molecule has 0 amide bonds. The lowest BCUT2D eigenvalue weighted by Crippen LogP contribution is -2.08. The van der Waals surface area contributed by atoms with Gasteiger partial charge < -0.3 is 5.32 Å². The highest BCUT2D eigenvalue weighted by atomic mass is 16.1. The molecular formula is C7H9NO2. The Morgan fingerprint density at radius 3 is 2.80 bits per heavy atom. The number of hydrogen-bond donors (Lipinski definition) is 1. The average Bonchev–Trinajstić information content (AvgIpc) is 2.15. The van der Waals surface area contributed by atoms with Crippen LogP contribution < -0.4 is 5.32 Å². The molecule has 0 aromatic heterocycles. The fourth-order valence-corrected chi connectivity index (χ4v) is 0.879. The van der Waals surface area contributed by atoms with Gasteiger partial charge in [0.25, 0.3) is 0 Å². The second-order valence-corrected chi connectivity index (χ2v) is 2.27. The summed E-state index contributed by atoms with van der Waals surface area (Å²) in [6.45, 7) is 2.10. The monoisotopic (exact) mass is 139 g/mol. The maximum Gasteiger partial charge on any atom is 0.180 e. The molecule has 0 aliphatic carbocycles. The number of ketones is 2. The van der Waals surface area contributed by atoms with Crippen LogP contribution in [0.2, 0.25) is 0 Å². The fourth-order valence-electron chi connectivity index (χ4n) is 0.879. The van der Waals surface area contributed by atoms with E-state index in [0.717, 1.165) is 0 Å². The van der Waals surface area contributed by atoms with Gasteiger partial charge in [0, 0.05) is 19.0 Å². The second-order valence-electron chi connectivity index (χ2n) is 2.27. The number of rotatable bonds is 1. The van der Waals surface area contributed by atoms with Gasteiger partial charge in [-0.25, -0.2) is 0 Å². The summed E-state index contributed by atoms with van der Waals surface area (Å²) in [4.78, 5) is 21.3. The first-order valence-electron chi connectivity index (χ1n) is 3.19. The summed E-state index contributed by atoms with van der Waals surface area (Å²) in [5.41, 5.74) is 0.465. The summed E-state index contributed by atoms with van der Waals surface area (Å²) in [6.07, 6.45) is 1.86. The molecule has 0 radical (unpaired) electrons. The van der Waals surface area contributed by atoms with Crippen molar-refractivity contribution in [3.8, 4) is 0 Å².